The van der Waals surface area contributed by atoms with E-state index in [0.29, 0.717) is 6.54 Å². The van der Waals surface area contributed by atoms with E-state index >= 15 is 0 Å². The van der Waals surface area contributed by atoms with Crippen molar-refractivity contribution in [2.24, 2.45) is 0 Å². The Balaban J connectivity index is 1.85. The van der Waals surface area contributed by atoms with Gasteiger partial charge >= 0.3 is 0 Å². The van der Waals surface area contributed by atoms with E-state index in [1.165, 1.54) is 6.08 Å². The Bertz CT molecular complexity index is 727. The van der Waals surface area contributed by atoms with Gasteiger partial charge in [-0.3, -0.25) is 9.59 Å². The number of amides is 2. The van der Waals surface area contributed by atoms with Gasteiger partial charge in [-0.1, -0.05) is 60.7 Å². The van der Waals surface area contributed by atoms with Gasteiger partial charge in [0.1, 0.15) is 0 Å². The smallest absolute Gasteiger partial charge is 0.244 e. The lowest BCUT2D eigenvalue weighted by atomic mass is 10.1. The summed E-state index contributed by atoms with van der Waals surface area (Å²) in [6.45, 7) is 0.617. The fourth-order valence-corrected chi connectivity index (χ4v) is 2.49. The number of hydrogen-bond donors (Lipinski definition) is 2. The van der Waals surface area contributed by atoms with E-state index in [1.54, 1.807) is 6.08 Å². The van der Waals surface area contributed by atoms with E-state index in [4.69, 9.17) is 0 Å². The number of nitrogens with one attached hydrogen (secondary N) is 2. The number of hydrogen-bond acceptors (Lipinski definition) is 3. The Hall–Kier alpha value is -2.92. The summed E-state index contributed by atoms with van der Waals surface area (Å²) >= 11 is 0. The highest BCUT2D eigenvalue weighted by Gasteiger charge is 2.15. The standard InChI is InChI=1S/C21H25N3O2/c1-24(2)16-19(18-11-7-4-8-12-18)23-21(26)15-22-20(25)14-13-17-9-5-3-6-10-17/h3-14,19H,15-16H2,1-2H3,(H,22,25)(H,23,26)/b14-13+/t19-/m0/s1. The quantitative estimate of drug-likeness (QED) is 0.717. The summed E-state index contributed by atoms with van der Waals surface area (Å²) in [6.07, 6.45) is 3.14. The second-order valence-corrected chi connectivity index (χ2v) is 6.25. The molecule has 0 radical (unpaired) electrons. The van der Waals surface area contributed by atoms with Crippen LogP contribution in [0, 0.1) is 0 Å². The second-order valence-electron chi connectivity index (χ2n) is 6.25. The van der Waals surface area contributed by atoms with E-state index in [0.717, 1.165) is 11.1 Å². The molecule has 2 amide bonds. The Kier molecular flexibility index (Phi) is 7.58. The lowest BCUT2D eigenvalue weighted by molar-refractivity contribution is -0.124. The van der Waals surface area contributed by atoms with Gasteiger partial charge in [0.2, 0.25) is 11.8 Å². The summed E-state index contributed by atoms with van der Waals surface area (Å²) in [5.74, 6) is -0.518. The van der Waals surface area contributed by atoms with Crippen molar-refractivity contribution in [1.29, 1.82) is 0 Å². The van der Waals surface area contributed by atoms with Crippen LogP contribution in [0.1, 0.15) is 17.2 Å². The third-order valence-corrected chi connectivity index (χ3v) is 3.73. The molecular formula is C21H25N3O2. The summed E-state index contributed by atoms with van der Waals surface area (Å²) in [5.41, 5.74) is 1.96. The zero-order chi connectivity index (χ0) is 18.8. The minimum Gasteiger partial charge on any atom is -0.346 e. The van der Waals surface area contributed by atoms with Gasteiger partial charge in [-0.15, -0.1) is 0 Å². The number of rotatable bonds is 8. The highest BCUT2D eigenvalue weighted by Crippen LogP contribution is 2.13. The molecule has 0 aliphatic carbocycles. The largest absolute Gasteiger partial charge is 0.346 e. The predicted molar refractivity (Wildman–Crippen MR) is 104 cm³/mol. The zero-order valence-corrected chi connectivity index (χ0v) is 15.2. The highest BCUT2D eigenvalue weighted by molar-refractivity contribution is 5.94. The molecule has 2 rings (SSSR count). The summed E-state index contributed by atoms with van der Waals surface area (Å²) in [6, 6.07) is 19.2. The third-order valence-electron chi connectivity index (χ3n) is 3.73. The first-order chi connectivity index (χ1) is 12.5. The van der Waals surface area contributed by atoms with Crippen molar-refractivity contribution in [2.75, 3.05) is 27.2 Å². The monoisotopic (exact) mass is 351 g/mol. The third kappa shape index (κ3) is 6.91. The predicted octanol–water partition coefficient (Wildman–Crippen LogP) is 2.24. The Morgan fingerprint density at radius 1 is 1.00 bits per heavy atom. The lowest BCUT2D eigenvalue weighted by Crippen LogP contribution is -2.41. The van der Waals surface area contributed by atoms with Gasteiger partial charge < -0.3 is 15.5 Å². The van der Waals surface area contributed by atoms with Crippen molar-refractivity contribution < 1.29 is 9.59 Å². The van der Waals surface area contributed by atoms with Crippen molar-refractivity contribution in [1.82, 2.24) is 15.5 Å². The minimum absolute atomic E-state index is 0.0608. The molecule has 0 spiro atoms. The molecule has 2 aromatic rings. The van der Waals surface area contributed by atoms with Crippen molar-refractivity contribution >= 4 is 17.9 Å². The SMILES string of the molecule is CN(C)C[C@H](NC(=O)CNC(=O)/C=C/c1ccccc1)c1ccccc1. The van der Waals surface area contributed by atoms with Gasteiger partial charge in [0.15, 0.2) is 0 Å². The first kappa shape index (κ1) is 19.4. The lowest BCUT2D eigenvalue weighted by Gasteiger charge is -2.23. The first-order valence-corrected chi connectivity index (χ1v) is 8.54. The van der Waals surface area contributed by atoms with Crippen molar-refractivity contribution in [3.05, 3.63) is 77.9 Å². The molecule has 0 bridgehead atoms. The fraction of sp³-hybridized carbons (Fsp3) is 0.238. The normalized spacial score (nSPS) is 12.1. The topological polar surface area (TPSA) is 61.4 Å². The molecule has 0 saturated carbocycles. The van der Waals surface area contributed by atoms with Gasteiger partial charge in [0, 0.05) is 12.6 Å². The molecule has 0 aliphatic rings. The maximum absolute atomic E-state index is 12.2. The zero-order valence-electron chi connectivity index (χ0n) is 15.2. The van der Waals surface area contributed by atoms with Crippen molar-refractivity contribution in [2.45, 2.75) is 6.04 Å². The van der Waals surface area contributed by atoms with Gasteiger partial charge in [-0.2, -0.15) is 0 Å². The Morgan fingerprint density at radius 2 is 1.62 bits per heavy atom. The maximum Gasteiger partial charge on any atom is 0.244 e. The number of benzene rings is 2. The van der Waals surface area contributed by atoms with Crippen LogP contribution in [0.15, 0.2) is 66.7 Å². The summed E-state index contributed by atoms with van der Waals surface area (Å²) < 4.78 is 0. The molecule has 0 aliphatic heterocycles. The maximum atomic E-state index is 12.2. The average Bonchev–Trinajstić information content (AvgIpc) is 2.65. The Labute approximate surface area is 154 Å². The molecule has 2 aromatic carbocycles. The second kappa shape index (κ2) is 10.2. The van der Waals surface area contributed by atoms with Crippen LogP contribution in [0.2, 0.25) is 0 Å². The molecule has 2 N–H and O–H groups in total. The summed E-state index contributed by atoms with van der Waals surface area (Å²) in [7, 11) is 3.91. The van der Waals surface area contributed by atoms with E-state index in [2.05, 4.69) is 10.6 Å². The van der Waals surface area contributed by atoms with Gasteiger partial charge in [-0.25, -0.2) is 0 Å². The number of nitrogens with zero attached hydrogens (tertiary/aromatic N) is 1. The van der Waals surface area contributed by atoms with E-state index in [-0.39, 0.29) is 24.4 Å². The van der Waals surface area contributed by atoms with Crippen LogP contribution in [-0.4, -0.2) is 43.9 Å². The molecule has 0 saturated heterocycles. The van der Waals surface area contributed by atoms with E-state index < -0.39 is 0 Å². The summed E-state index contributed by atoms with van der Waals surface area (Å²) in [5, 5.41) is 5.59. The van der Waals surface area contributed by atoms with E-state index in [1.807, 2.05) is 79.7 Å². The molecule has 0 heterocycles. The van der Waals surface area contributed by atoms with Crippen LogP contribution >= 0.6 is 0 Å². The number of likely N-dealkylation sites (N-methyl/N-ethyl adjacent to an activating group) is 1. The number of carbonyl (C=O) groups excluding carboxylic acids is 2. The molecule has 0 aromatic heterocycles. The van der Waals surface area contributed by atoms with Crippen molar-refractivity contribution in [3.63, 3.8) is 0 Å². The van der Waals surface area contributed by atoms with Crippen molar-refractivity contribution in [3.8, 4) is 0 Å². The fourth-order valence-electron chi connectivity index (χ4n) is 2.49. The van der Waals surface area contributed by atoms with Crippen LogP contribution in [0.3, 0.4) is 0 Å². The van der Waals surface area contributed by atoms with Gasteiger partial charge in [0.25, 0.3) is 0 Å². The van der Waals surface area contributed by atoms with Crippen LogP contribution < -0.4 is 10.6 Å². The molecule has 26 heavy (non-hydrogen) atoms. The van der Waals surface area contributed by atoms with E-state index in [9.17, 15) is 9.59 Å². The molecule has 5 heteroatoms. The van der Waals surface area contributed by atoms with Crippen LogP contribution in [0.25, 0.3) is 6.08 Å². The minimum atomic E-state index is -0.298. The van der Waals surface area contributed by atoms with Gasteiger partial charge in [0.05, 0.1) is 12.6 Å². The highest BCUT2D eigenvalue weighted by atomic mass is 16.2. The Morgan fingerprint density at radius 3 is 2.23 bits per heavy atom. The van der Waals surface area contributed by atoms with Gasteiger partial charge in [-0.05, 0) is 31.3 Å². The molecule has 0 fully saturated rings. The molecule has 136 valence electrons. The average molecular weight is 351 g/mol. The van der Waals surface area contributed by atoms with Crippen LogP contribution in [-0.2, 0) is 9.59 Å². The summed E-state index contributed by atoms with van der Waals surface area (Å²) in [4.78, 5) is 26.1. The van der Waals surface area contributed by atoms with Crippen LogP contribution in [0.5, 0.6) is 0 Å². The number of carbonyl (C=O) groups is 2. The first-order valence-electron chi connectivity index (χ1n) is 8.54. The molecule has 1 atom stereocenters. The molecule has 0 unspecified atom stereocenters. The molecular weight excluding hydrogens is 326 g/mol. The molecule has 5 nitrogen and oxygen atoms in total. The van der Waals surface area contributed by atoms with Crippen LogP contribution in [0.4, 0.5) is 0 Å².